The van der Waals surface area contributed by atoms with Crippen LogP contribution in [0.1, 0.15) is 73.6 Å². The van der Waals surface area contributed by atoms with Crippen molar-refractivity contribution in [2.24, 2.45) is 5.41 Å². The fourth-order valence-electron chi connectivity index (χ4n) is 1.03. The Labute approximate surface area is 79.8 Å². The van der Waals surface area contributed by atoms with Gasteiger partial charge in [0.1, 0.15) is 0 Å². The van der Waals surface area contributed by atoms with Gasteiger partial charge in [0.2, 0.25) is 0 Å². The zero-order chi connectivity index (χ0) is 10.0. The maximum atomic E-state index is 2.36. The van der Waals surface area contributed by atoms with Crippen molar-refractivity contribution in [2.75, 3.05) is 0 Å². The summed E-state index contributed by atoms with van der Waals surface area (Å²) in [7, 11) is 0. The molecule has 0 aromatic carbocycles. The van der Waals surface area contributed by atoms with Gasteiger partial charge in [-0.25, -0.2) is 0 Å². The first-order valence-electron chi connectivity index (χ1n) is 5.62. The number of hydrogen-bond donors (Lipinski definition) is 0. The SMILES string of the molecule is CC.CCCCCC(C)(C)CC. The second kappa shape index (κ2) is 9.09. The van der Waals surface area contributed by atoms with E-state index in [0.29, 0.717) is 5.41 Å². The highest BCUT2D eigenvalue weighted by Crippen LogP contribution is 2.26. The van der Waals surface area contributed by atoms with Gasteiger partial charge in [0.05, 0.1) is 0 Å². The van der Waals surface area contributed by atoms with Gasteiger partial charge in [-0.3, -0.25) is 0 Å². The lowest BCUT2D eigenvalue weighted by Gasteiger charge is -2.21. The van der Waals surface area contributed by atoms with E-state index in [1.807, 2.05) is 13.8 Å². The van der Waals surface area contributed by atoms with Crippen LogP contribution in [0.4, 0.5) is 0 Å². The Morgan fingerprint density at radius 2 is 1.42 bits per heavy atom. The summed E-state index contributed by atoms with van der Waals surface area (Å²) < 4.78 is 0. The Morgan fingerprint density at radius 1 is 0.917 bits per heavy atom. The smallest absolute Gasteiger partial charge is 0.0357 e. The lowest BCUT2D eigenvalue weighted by atomic mass is 9.84. The van der Waals surface area contributed by atoms with Gasteiger partial charge in [0.15, 0.2) is 0 Å². The van der Waals surface area contributed by atoms with Crippen LogP contribution in [-0.4, -0.2) is 0 Å². The van der Waals surface area contributed by atoms with Crippen LogP contribution >= 0.6 is 0 Å². The van der Waals surface area contributed by atoms with Crippen molar-refractivity contribution in [1.82, 2.24) is 0 Å². The van der Waals surface area contributed by atoms with Crippen molar-refractivity contribution in [1.29, 1.82) is 0 Å². The summed E-state index contributed by atoms with van der Waals surface area (Å²) in [5.74, 6) is 0. The van der Waals surface area contributed by atoms with Gasteiger partial charge in [-0.1, -0.05) is 67.2 Å². The molecule has 0 atom stereocenters. The Morgan fingerprint density at radius 3 is 1.75 bits per heavy atom. The second-order valence-electron chi connectivity index (χ2n) is 3.97. The first-order valence-corrected chi connectivity index (χ1v) is 5.62. The zero-order valence-corrected chi connectivity index (χ0v) is 10.0. The van der Waals surface area contributed by atoms with Crippen LogP contribution in [0.5, 0.6) is 0 Å². The molecule has 0 unspecified atom stereocenters. The van der Waals surface area contributed by atoms with E-state index in [4.69, 9.17) is 0 Å². The van der Waals surface area contributed by atoms with Crippen LogP contribution in [0.15, 0.2) is 0 Å². The van der Waals surface area contributed by atoms with E-state index < -0.39 is 0 Å². The minimum absolute atomic E-state index is 0.592. The van der Waals surface area contributed by atoms with Crippen LogP contribution in [0.25, 0.3) is 0 Å². The zero-order valence-electron chi connectivity index (χ0n) is 10.0. The van der Waals surface area contributed by atoms with Crippen molar-refractivity contribution in [3.8, 4) is 0 Å². The van der Waals surface area contributed by atoms with Crippen molar-refractivity contribution < 1.29 is 0 Å². The third-order valence-corrected chi connectivity index (χ3v) is 2.41. The summed E-state index contributed by atoms with van der Waals surface area (Å²) >= 11 is 0. The first kappa shape index (κ1) is 14.5. The predicted octanol–water partition coefficient (Wildman–Crippen LogP) is 5.03. The number of unbranched alkanes of at least 4 members (excludes halogenated alkanes) is 2. The van der Waals surface area contributed by atoms with Gasteiger partial charge in [-0.05, 0) is 11.8 Å². The lowest BCUT2D eigenvalue weighted by Crippen LogP contribution is -2.08. The van der Waals surface area contributed by atoms with Crippen molar-refractivity contribution in [3.63, 3.8) is 0 Å². The van der Waals surface area contributed by atoms with Gasteiger partial charge in [0.25, 0.3) is 0 Å². The van der Waals surface area contributed by atoms with E-state index in [-0.39, 0.29) is 0 Å². The van der Waals surface area contributed by atoms with E-state index in [1.54, 1.807) is 0 Å². The quantitative estimate of drug-likeness (QED) is 0.510. The minimum Gasteiger partial charge on any atom is -0.0683 e. The Hall–Kier alpha value is 0. The average molecular weight is 172 g/mol. The highest BCUT2D eigenvalue weighted by molar-refractivity contribution is 4.65. The third kappa shape index (κ3) is 10.0. The fraction of sp³-hybridized carbons (Fsp3) is 1.00. The van der Waals surface area contributed by atoms with Crippen LogP contribution in [0, 0.1) is 5.41 Å². The molecular formula is C12H28. The van der Waals surface area contributed by atoms with Crippen molar-refractivity contribution in [3.05, 3.63) is 0 Å². The molecule has 0 radical (unpaired) electrons. The van der Waals surface area contributed by atoms with E-state index in [2.05, 4.69) is 27.7 Å². The maximum Gasteiger partial charge on any atom is -0.0357 e. The molecular weight excluding hydrogens is 144 g/mol. The maximum absolute atomic E-state index is 2.36. The minimum atomic E-state index is 0.592. The summed E-state index contributed by atoms with van der Waals surface area (Å²) in [6, 6.07) is 0. The van der Waals surface area contributed by atoms with Crippen molar-refractivity contribution in [2.45, 2.75) is 73.6 Å². The average Bonchev–Trinajstić information content (AvgIpc) is 2.09. The third-order valence-electron chi connectivity index (χ3n) is 2.41. The number of rotatable bonds is 5. The molecule has 12 heavy (non-hydrogen) atoms. The molecule has 0 aromatic heterocycles. The molecule has 0 heterocycles. The molecule has 0 aliphatic heterocycles. The van der Waals surface area contributed by atoms with E-state index >= 15 is 0 Å². The van der Waals surface area contributed by atoms with Gasteiger partial charge in [0, 0.05) is 0 Å². The Kier molecular flexibility index (Phi) is 11.0. The van der Waals surface area contributed by atoms with Crippen LogP contribution in [0.2, 0.25) is 0 Å². The van der Waals surface area contributed by atoms with Gasteiger partial charge >= 0.3 is 0 Å². The van der Waals surface area contributed by atoms with E-state index in [0.717, 1.165) is 0 Å². The second-order valence-corrected chi connectivity index (χ2v) is 3.97. The Bertz CT molecular complexity index is 72.1. The standard InChI is InChI=1S/C10H22.C2H6/c1-5-7-8-9-10(3,4)6-2;1-2/h5-9H2,1-4H3;1-2H3. The first-order chi connectivity index (χ1) is 5.62. The topological polar surface area (TPSA) is 0 Å². The molecule has 0 N–H and O–H groups in total. The summed E-state index contributed by atoms with van der Waals surface area (Å²) in [6.07, 6.45) is 6.88. The highest BCUT2D eigenvalue weighted by atomic mass is 14.2. The fourth-order valence-corrected chi connectivity index (χ4v) is 1.03. The molecule has 0 aliphatic carbocycles. The van der Waals surface area contributed by atoms with Crippen LogP contribution < -0.4 is 0 Å². The summed E-state index contributed by atoms with van der Waals surface area (Å²) in [5, 5.41) is 0. The van der Waals surface area contributed by atoms with Gasteiger partial charge < -0.3 is 0 Å². The molecule has 0 amide bonds. The molecule has 0 saturated carbocycles. The number of hydrogen-bond acceptors (Lipinski definition) is 0. The molecule has 0 bridgehead atoms. The molecule has 0 nitrogen and oxygen atoms in total. The van der Waals surface area contributed by atoms with Gasteiger partial charge in [-0.15, -0.1) is 0 Å². The molecule has 0 fully saturated rings. The molecule has 0 heteroatoms. The predicted molar refractivity (Wildman–Crippen MR) is 59.6 cm³/mol. The molecule has 0 spiro atoms. The summed E-state index contributed by atoms with van der Waals surface area (Å²) in [4.78, 5) is 0. The molecule has 0 aliphatic rings. The molecule has 76 valence electrons. The van der Waals surface area contributed by atoms with E-state index in [9.17, 15) is 0 Å². The monoisotopic (exact) mass is 172 g/mol. The Balaban J connectivity index is 0. The largest absolute Gasteiger partial charge is 0.0683 e. The van der Waals surface area contributed by atoms with Gasteiger partial charge in [-0.2, -0.15) is 0 Å². The highest BCUT2D eigenvalue weighted by Gasteiger charge is 2.13. The normalized spacial score (nSPS) is 10.5. The van der Waals surface area contributed by atoms with Crippen molar-refractivity contribution >= 4 is 0 Å². The summed E-state index contributed by atoms with van der Waals surface area (Å²) in [6.45, 7) is 13.3. The summed E-state index contributed by atoms with van der Waals surface area (Å²) in [5.41, 5.74) is 0.592. The molecule has 0 rings (SSSR count). The lowest BCUT2D eigenvalue weighted by molar-refractivity contribution is 0.309. The molecule has 0 saturated heterocycles. The van der Waals surface area contributed by atoms with Crippen LogP contribution in [-0.2, 0) is 0 Å². The van der Waals surface area contributed by atoms with Crippen LogP contribution in [0.3, 0.4) is 0 Å². The molecule has 0 aromatic rings. The van der Waals surface area contributed by atoms with E-state index in [1.165, 1.54) is 32.1 Å².